The topological polar surface area (TPSA) is 104 Å². The SMILES string of the molecule is CCNC(=O)C1(NC(=O)c2cc(S(=O)(=O)NC(C)C)ccc2Cl)CCCCC1. The molecule has 1 fully saturated rings. The number of hydrogen-bond acceptors (Lipinski definition) is 4. The minimum atomic E-state index is -3.77. The van der Waals surface area contributed by atoms with E-state index >= 15 is 0 Å². The van der Waals surface area contributed by atoms with Gasteiger partial charge in [-0.15, -0.1) is 0 Å². The second-order valence-electron chi connectivity index (χ2n) is 7.37. The Hall–Kier alpha value is -1.64. The fraction of sp³-hybridized carbons (Fsp3) is 0.579. The summed E-state index contributed by atoms with van der Waals surface area (Å²) in [4.78, 5) is 25.6. The van der Waals surface area contributed by atoms with Gasteiger partial charge in [0, 0.05) is 12.6 Å². The first kappa shape index (κ1) is 22.6. The Morgan fingerprint density at radius 1 is 1.18 bits per heavy atom. The first-order chi connectivity index (χ1) is 13.1. The Balaban J connectivity index is 2.34. The molecular weight excluding hydrogens is 402 g/mol. The second-order valence-corrected chi connectivity index (χ2v) is 9.50. The normalized spacial score (nSPS) is 16.6. The minimum absolute atomic E-state index is 0.0301. The van der Waals surface area contributed by atoms with Crippen molar-refractivity contribution in [3.63, 3.8) is 0 Å². The summed E-state index contributed by atoms with van der Waals surface area (Å²) in [7, 11) is -3.77. The van der Waals surface area contributed by atoms with E-state index in [1.165, 1.54) is 18.2 Å². The van der Waals surface area contributed by atoms with Crippen molar-refractivity contribution >= 4 is 33.4 Å². The Morgan fingerprint density at radius 3 is 2.39 bits per heavy atom. The zero-order chi connectivity index (χ0) is 20.9. The van der Waals surface area contributed by atoms with Crippen LogP contribution in [-0.2, 0) is 14.8 Å². The van der Waals surface area contributed by atoms with Crippen LogP contribution in [0.1, 0.15) is 63.2 Å². The molecule has 1 aromatic carbocycles. The van der Waals surface area contributed by atoms with Crippen LogP contribution in [-0.4, -0.2) is 38.4 Å². The molecule has 1 aromatic rings. The molecule has 0 radical (unpaired) electrons. The van der Waals surface area contributed by atoms with Crippen molar-refractivity contribution in [2.75, 3.05) is 6.54 Å². The Bertz CT molecular complexity index is 834. The summed E-state index contributed by atoms with van der Waals surface area (Å²) in [6, 6.07) is 3.69. The van der Waals surface area contributed by atoms with Gasteiger partial charge in [0.1, 0.15) is 5.54 Å². The van der Waals surface area contributed by atoms with Crippen LogP contribution in [0.15, 0.2) is 23.1 Å². The number of amides is 2. The van der Waals surface area contributed by atoms with E-state index in [-0.39, 0.29) is 27.4 Å². The molecule has 0 heterocycles. The van der Waals surface area contributed by atoms with Gasteiger partial charge in [0.05, 0.1) is 15.5 Å². The van der Waals surface area contributed by atoms with Gasteiger partial charge >= 0.3 is 0 Å². The third kappa shape index (κ3) is 5.24. The van der Waals surface area contributed by atoms with Gasteiger partial charge < -0.3 is 10.6 Å². The van der Waals surface area contributed by atoms with Crippen molar-refractivity contribution in [3.8, 4) is 0 Å². The van der Waals surface area contributed by atoms with Crippen molar-refractivity contribution in [2.45, 2.75) is 69.4 Å². The monoisotopic (exact) mass is 429 g/mol. The van der Waals surface area contributed by atoms with Gasteiger partial charge in [-0.2, -0.15) is 0 Å². The van der Waals surface area contributed by atoms with Gasteiger partial charge in [-0.1, -0.05) is 30.9 Å². The van der Waals surface area contributed by atoms with E-state index in [2.05, 4.69) is 15.4 Å². The smallest absolute Gasteiger partial charge is 0.253 e. The number of carbonyl (C=O) groups excluding carboxylic acids is 2. The van der Waals surface area contributed by atoms with Crippen LogP contribution in [0.2, 0.25) is 5.02 Å². The predicted molar refractivity (Wildman–Crippen MR) is 109 cm³/mol. The lowest BCUT2D eigenvalue weighted by Crippen LogP contribution is -2.59. The van der Waals surface area contributed by atoms with E-state index in [4.69, 9.17) is 11.6 Å². The van der Waals surface area contributed by atoms with Gasteiger partial charge in [0.15, 0.2) is 0 Å². The Labute approximate surface area is 171 Å². The summed E-state index contributed by atoms with van der Waals surface area (Å²) in [5.41, 5.74) is -0.970. The van der Waals surface area contributed by atoms with E-state index in [1.54, 1.807) is 13.8 Å². The lowest BCUT2D eigenvalue weighted by Gasteiger charge is -2.36. The zero-order valence-corrected chi connectivity index (χ0v) is 18.0. The first-order valence-electron chi connectivity index (χ1n) is 9.54. The van der Waals surface area contributed by atoms with Crippen LogP contribution >= 0.6 is 11.6 Å². The highest BCUT2D eigenvalue weighted by molar-refractivity contribution is 7.89. The molecular formula is C19H28ClN3O4S. The lowest BCUT2D eigenvalue weighted by atomic mass is 9.80. The third-order valence-electron chi connectivity index (χ3n) is 4.72. The molecule has 2 rings (SSSR count). The molecule has 9 heteroatoms. The maximum absolute atomic E-state index is 13.0. The molecule has 0 spiro atoms. The zero-order valence-electron chi connectivity index (χ0n) is 16.5. The summed E-state index contributed by atoms with van der Waals surface area (Å²) >= 11 is 6.17. The molecule has 7 nitrogen and oxygen atoms in total. The fourth-order valence-corrected chi connectivity index (χ4v) is 4.88. The van der Waals surface area contributed by atoms with Crippen molar-refractivity contribution < 1.29 is 18.0 Å². The maximum Gasteiger partial charge on any atom is 0.253 e. The summed E-state index contributed by atoms with van der Waals surface area (Å²) in [6.45, 7) is 5.70. The van der Waals surface area contributed by atoms with Crippen molar-refractivity contribution in [3.05, 3.63) is 28.8 Å². The largest absolute Gasteiger partial charge is 0.354 e. The van der Waals surface area contributed by atoms with Gasteiger partial charge in [0.2, 0.25) is 15.9 Å². The highest BCUT2D eigenvalue weighted by atomic mass is 35.5. The molecule has 0 atom stereocenters. The maximum atomic E-state index is 13.0. The summed E-state index contributed by atoms with van der Waals surface area (Å²) in [5.74, 6) is -0.774. The van der Waals surface area contributed by atoms with Crippen molar-refractivity contribution in [1.82, 2.24) is 15.4 Å². The number of rotatable bonds is 7. The van der Waals surface area contributed by atoms with Crippen molar-refractivity contribution in [1.29, 1.82) is 0 Å². The van der Waals surface area contributed by atoms with Gasteiger partial charge in [-0.25, -0.2) is 13.1 Å². The van der Waals surface area contributed by atoms with Crippen LogP contribution < -0.4 is 15.4 Å². The minimum Gasteiger partial charge on any atom is -0.354 e. The molecule has 0 saturated heterocycles. The molecule has 3 N–H and O–H groups in total. The average Bonchev–Trinajstić information content (AvgIpc) is 2.61. The van der Waals surface area contributed by atoms with Gasteiger partial charge in [-0.05, 0) is 51.8 Å². The van der Waals surface area contributed by atoms with Gasteiger partial charge in [0.25, 0.3) is 5.91 Å². The van der Waals surface area contributed by atoms with E-state index in [0.717, 1.165) is 19.3 Å². The van der Waals surface area contributed by atoms with E-state index in [1.807, 2.05) is 6.92 Å². The second kappa shape index (κ2) is 9.24. The van der Waals surface area contributed by atoms with E-state index < -0.39 is 21.5 Å². The van der Waals surface area contributed by atoms with Crippen LogP contribution in [0.3, 0.4) is 0 Å². The quantitative estimate of drug-likeness (QED) is 0.619. The molecule has 1 aliphatic rings. The molecule has 2 amide bonds. The Morgan fingerprint density at radius 2 is 1.82 bits per heavy atom. The molecule has 0 aromatic heterocycles. The highest BCUT2D eigenvalue weighted by Gasteiger charge is 2.41. The average molecular weight is 430 g/mol. The van der Waals surface area contributed by atoms with Crippen LogP contribution in [0.4, 0.5) is 0 Å². The summed E-state index contributed by atoms with van der Waals surface area (Å²) in [6.07, 6.45) is 3.74. The first-order valence-corrected chi connectivity index (χ1v) is 11.4. The predicted octanol–water partition coefficient (Wildman–Crippen LogP) is 2.60. The number of benzene rings is 1. The lowest BCUT2D eigenvalue weighted by molar-refractivity contribution is -0.128. The van der Waals surface area contributed by atoms with Crippen LogP contribution in [0, 0.1) is 0 Å². The molecule has 0 unspecified atom stereocenters. The number of hydrogen-bond donors (Lipinski definition) is 3. The van der Waals surface area contributed by atoms with E-state index in [9.17, 15) is 18.0 Å². The van der Waals surface area contributed by atoms with E-state index in [0.29, 0.717) is 19.4 Å². The van der Waals surface area contributed by atoms with Crippen LogP contribution in [0.25, 0.3) is 0 Å². The number of nitrogens with one attached hydrogen (secondary N) is 3. The standard InChI is InChI=1S/C19H28ClN3O4S/c1-4-21-18(25)19(10-6-5-7-11-19)22-17(24)15-12-14(8-9-16(15)20)28(26,27)23-13(2)3/h8-9,12-13,23H,4-7,10-11H2,1-3H3,(H,21,25)(H,22,24). The third-order valence-corrected chi connectivity index (χ3v) is 6.70. The molecule has 28 heavy (non-hydrogen) atoms. The number of sulfonamides is 1. The molecule has 156 valence electrons. The molecule has 1 saturated carbocycles. The Kier molecular flexibility index (Phi) is 7.47. The highest BCUT2D eigenvalue weighted by Crippen LogP contribution is 2.30. The van der Waals surface area contributed by atoms with Crippen LogP contribution in [0.5, 0.6) is 0 Å². The molecule has 0 bridgehead atoms. The molecule has 1 aliphatic carbocycles. The summed E-state index contributed by atoms with van der Waals surface area (Å²) < 4.78 is 27.3. The number of halogens is 1. The number of likely N-dealkylation sites (N-methyl/N-ethyl adjacent to an activating group) is 1. The van der Waals surface area contributed by atoms with Gasteiger partial charge in [-0.3, -0.25) is 9.59 Å². The van der Waals surface area contributed by atoms with Crippen molar-refractivity contribution in [2.24, 2.45) is 0 Å². The number of carbonyl (C=O) groups is 2. The molecule has 0 aliphatic heterocycles. The summed E-state index contributed by atoms with van der Waals surface area (Å²) in [5, 5.41) is 5.76. The fourth-order valence-electron chi connectivity index (χ4n) is 3.40.